The highest BCUT2D eigenvalue weighted by molar-refractivity contribution is 4.80. The van der Waals surface area contributed by atoms with Gasteiger partial charge in [0.15, 0.2) is 0 Å². The zero-order valence-corrected chi connectivity index (χ0v) is 7.45. The van der Waals surface area contributed by atoms with Gasteiger partial charge < -0.3 is 10.2 Å². The van der Waals surface area contributed by atoms with Crippen molar-refractivity contribution in [2.75, 3.05) is 0 Å². The van der Waals surface area contributed by atoms with Crippen LogP contribution in [0.25, 0.3) is 0 Å². The summed E-state index contributed by atoms with van der Waals surface area (Å²) in [6.45, 7) is 0. The molecule has 0 aromatic heterocycles. The van der Waals surface area contributed by atoms with Crippen molar-refractivity contribution < 1.29 is 10.2 Å². The first-order valence-electron chi connectivity index (χ1n) is 4.78. The molecule has 12 heavy (non-hydrogen) atoms. The van der Waals surface area contributed by atoms with E-state index in [0.717, 1.165) is 32.1 Å². The minimum Gasteiger partial charge on any atom is -0.393 e. The van der Waals surface area contributed by atoms with E-state index in [4.69, 9.17) is 0 Å². The van der Waals surface area contributed by atoms with E-state index in [1.165, 1.54) is 0 Å². The van der Waals surface area contributed by atoms with Crippen molar-refractivity contribution >= 4 is 0 Å². The predicted octanol–water partition coefficient (Wildman–Crippen LogP) is 1.47. The summed E-state index contributed by atoms with van der Waals surface area (Å²) in [7, 11) is 0. The quantitative estimate of drug-likeness (QED) is 0.578. The molecule has 0 aliphatic heterocycles. The van der Waals surface area contributed by atoms with Gasteiger partial charge in [-0.05, 0) is 44.9 Å². The largest absolute Gasteiger partial charge is 0.393 e. The Labute approximate surface area is 74.6 Å². The van der Waals surface area contributed by atoms with Gasteiger partial charge in [0.2, 0.25) is 0 Å². The maximum atomic E-state index is 9.39. The summed E-state index contributed by atoms with van der Waals surface area (Å²) < 4.78 is 0. The minimum atomic E-state index is -0.227. The monoisotopic (exact) mass is 170 g/mol. The van der Waals surface area contributed by atoms with Gasteiger partial charge in [0.05, 0.1) is 12.2 Å². The highest BCUT2D eigenvalue weighted by atomic mass is 16.3. The minimum absolute atomic E-state index is 0.191. The van der Waals surface area contributed by atoms with Gasteiger partial charge in [0.1, 0.15) is 0 Å². The second kappa shape index (κ2) is 5.55. The third-order valence-corrected chi connectivity index (χ3v) is 2.26. The third kappa shape index (κ3) is 4.07. The highest BCUT2D eigenvalue weighted by Gasteiger charge is 2.10. The van der Waals surface area contributed by atoms with Gasteiger partial charge in [0, 0.05) is 0 Å². The van der Waals surface area contributed by atoms with Crippen LogP contribution in [0.15, 0.2) is 0 Å². The van der Waals surface area contributed by atoms with E-state index in [-0.39, 0.29) is 12.2 Å². The average molecular weight is 170 g/mol. The highest BCUT2D eigenvalue weighted by Crippen LogP contribution is 2.15. The Morgan fingerprint density at radius 2 is 1.58 bits per heavy atom. The zero-order chi connectivity index (χ0) is 8.81. The maximum absolute atomic E-state index is 9.39. The molecule has 0 saturated heterocycles. The van der Waals surface area contributed by atoms with Crippen molar-refractivity contribution in [1.82, 2.24) is 0 Å². The second-order valence-corrected chi connectivity index (χ2v) is 3.52. The van der Waals surface area contributed by atoms with Crippen molar-refractivity contribution in [1.29, 1.82) is 0 Å². The van der Waals surface area contributed by atoms with E-state index >= 15 is 0 Å². The Kier molecular flexibility index (Phi) is 4.62. The normalized spacial score (nSPS) is 34.5. The van der Waals surface area contributed by atoms with Crippen LogP contribution in [-0.4, -0.2) is 22.4 Å². The van der Waals surface area contributed by atoms with Gasteiger partial charge in [-0.1, -0.05) is 6.42 Å². The van der Waals surface area contributed by atoms with E-state index < -0.39 is 0 Å². The molecule has 1 rings (SSSR count). The number of hydrogen-bond acceptors (Lipinski definition) is 2. The molecule has 2 unspecified atom stereocenters. The van der Waals surface area contributed by atoms with Crippen LogP contribution in [0, 0.1) is 12.8 Å². The molecule has 1 aliphatic rings. The Balaban J connectivity index is 2.21. The number of aliphatic hydroxyl groups is 2. The molecule has 2 N–H and O–H groups in total. The molecule has 70 valence electrons. The molecule has 1 saturated carbocycles. The van der Waals surface area contributed by atoms with Crippen LogP contribution in [0.1, 0.15) is 38.5 Å². The molecule has 2 radical (unpaired) electrons. The van der Waals surface area contributed by atoms with Crippen molar-refractivity contribution in [2.24, 2.45) is 0 Å². The lowest BCUT2D eigenvalue weighted by atomic mass is 9.98. The Morgan fingerprint density at radius 1 is 0.917 bits per heavy atom. The summed E-state index contributed by atoms with van der Waals surface area (Å²) in [4.78, 5) is 0. The van der Waals surface area contributed by atoms with Crippen LogP contribution in [-0.2, 0) is 0 Å². The molecule has 0 aromatic carbocycles. The maximum Gasteiger partial charge on any atom is 0.0545 e. The van der Waals surface area contributed by atoms with Crippen molar-refractivity contribution in [3.63, 3.8) is 0 Å². The van der Waals surface area contributed by atoms with Gasteiger partial charge in [-0.2, -0.15) is 0 Å². The SMILES string of the molecule is OC1C[CH]CCCC(O)C[CH]C1. The van der Waals surface area contributed by atoms with E-state index in [2.05, 4.69) is 6.42 Å². The summed E-state index contributed by atoms with van der Waals surface area (Å²) in [6.07, 6.45) is 8.90. The van der Waals surface area contributed by atoms with Crippen LogP contribution < -0.4 is 0 Å². The molecule has 2 nitrogen and oxygen atoms in total. The van der Waals surface area contributed by atoms with Crippen LogP contribution in [0.4, 0.5) is 0 Å². The van der Waals surface area contributed by atoms with Crippen molar-refractivity contribution in [2.45, 2.75) is 50.7 Å². The van der Waals surface area contributed by atoms with E-state index in [0.29, 0.717) is 6.42 Å². The van der Waals surface area contributed by atoms with Gasteiger partial charge in [-0.25, -0.2) is 0 Å². The lowest BCUT2D eigenvalue weighted by molar-refractivity contribution is 0.140. The van der Waals surface area contributed by atoms with Crippen LogP contribution in [0.3, 0.4) is 0 Å². The summed E-state index contributed by atoms with van der Waals surface area (Å²) in [5.74, 6) is 0. The fourth-order valence-corrected chi connectivity index (χ4v) is 1.50. The molecular formula is C10H18O2. The molecule has 0 spiro atoms. The molecule has 1 fully saturated rings. The fraction of sp³-hybridized carbons (Fsp3) is 0.800. The van der Waals surface area contributed by atoms with Crippen LogP contribution in [0.5, 0.6) is 0 Å². The van der Waals surface area contributed by atoms with E-state index in [1.807, 2.05) is 6.42 Å². The smallest absolute Gasteiger partial charge is 0.0545 e. The van der Waals surface area contributed by atoms with Gasteiger partial charge in [-0.15, -0.1) is 0 Å². The molecule has 1 aliphatic carbocycles. The van der Waals surface area contributed by atoms with Gasteiger partial charge in [-0.3, -0.25) is 0 Å². The Morgan fingerprint density at radius 3 is 2.42 bits per heavy atom. The molecule has 0 heterocycles. The van der Waals surface area contributed by atoms with Gasteiger partial charge in [0.25, 0.3) is 0 Å². The summed E-state index contributed by atoms with van der Waals surface area (Å²) in [6, 6.07) is 0. The van der Waals surface area contributed by atoms with E-state index in [1.54, 1.807) is 0 Å². The summed E-state index contributed by atoms with van der Waals surface area (Å²) >= 11 is 0. The Hall–Kier alpha value is -0.0800. The average Bonchev–Trinajstić information content (AvgIpc) is 2.04. The molecule has 0 aromatic rings. The summed E-state index contributed by atoms with van der Waals surface area (Å²) in [5, 5.41) is 18.8. The first-order valence-corrected chi connectivity index (χ1v) is 4.78. The lowest BCUT2D eigenvalue weighted by Crippen LogP contribution is -2.13. The Bertz CT molecular complexity index is 102. The van der Waals surface area contributed by atoms with Gasteiger partial charge >= 0.3 is 0 Å². The number of rotatable bonds is 0. The summed E-state index contributed by atoms with van der Waals surface area (Å²) in [5.41, 5.74) is 0. The standard InChI is InChI=1S/C10H18O2/c11-9-5-2-1-3-6-10(12)8-4-7-9/h2,4,9-12H,1,3,5-8H2. The first-order chi connectivity index (χ1) is 5.79. The van der Waals surface area contributed by atoms with E-state index in [9.17, 15) is 10.2 Å². The molecule has 0 amide bonds. The number of hydrogen-bond donors (Lipinski definition) is 2. The van der Waals surface area contributed by atoms with Crippen LogP contribution in [0.2, 0.25) is 0 Å². The first kappa shape index (κ1) is 10.0. The lowest BCUT2D eigenvalue weighted by Gasteiger charge is -2.15. The third-order valence-electron chi connectivity index (χ3n) is 2.26. The van der Waals surface area contributed by atoms with Crippen molar-refractivity contribution in [3.8, 4) is 0 Å². The number of aliphatic hydroxyl groups excluding tert-OH is 2. The molecule has 2 atom stereocenters. The van der Waals surface area contributed by atoms with Crippen LogP contribution >= 0.6 is 0 Å². The van der Waals surface area contributed by atoms with Crippen molar-refractivity contribution in [3.05, 3.63) is 12.8 Å². The fourth-order valence-electron chi connectivity index (χ4n) is 1.50. The topological polar surface area (TPSA) is 40.5 Å². The zero-order valence-electron chi connectivity index (χ0n) is 7.45. The molecular weight excluding hydrogens is 152 g/mol. The second-order valence-electron chi connectivity index (χ2n) is 3.52. The molecule has 0 bridgehead atoms. The predicted molar refractivity (Wildman–Crippen MR) is 48.3 cm³/mol. The molecule has 2 heteroatoms.